The van der Waals surface area contributed by atoms with Crippen molar-refractivity contribution in [1.29, 1.82) is 0 Å². The number of rotatable bonds is 9. The van der Waals surface area contributed by atoms with Gasteiger partial charge in [-0.25, -0.2) is 14.2 Å². The first kappa shape index (κ1) is 24.1. The van der Waals surface area contributed by atoms with Gasteiger partial charge in [0.2, 0.25) is 17.6 Å². The highest BCUT2D eigenvalue weighted by Gasteiger charge is 2.25. The number of halogens is 1. The summed E-state index contributed by atoms with van der Waals surface area (Å²) in [6.45, 7) is 3.79. The SMILES string of the molecule is CCOC(=O)c1sc(N(Cc2ccc(F)cc2)C(=O)CCc2nc(-c3cccnc3)no2)nc1C. The lowest BCUT2D eigenvalue weighted by Gasteiger charge is -2.20. The van der Waals surface area contributed by atoms with Gasteiger partial charge in [0.1, 0.15) is 10.7 Å². The molecule has 1 aromatic carbocycles. The van der Waals surface area contributed by atoms with Crippen molar-refractivity contribution in [3.63, 3.8) is 0 Å². The fourth-order valence-electron chi connectivity index (χ4n) is 3.24. The van der Waals surface area contributed by atoms with Crippen LogP contribution in [0.15, 0.2) is 53.3 Å². The third-order valence-corrected chi connectivity index (χ3v) is 6.13. The van der Waals surface area contributed by atoms with Gasteiger partial charge in [-0.05, 0) is 43.7 Å². The van der Waals surface area contributed by atoms with E-state index < -0.39 is 5.97 Å². The predicted molar refractivity (Wildman–Crippen MR) is 126 cm³/mol. The number of ether oxygens (including phenoxy) is 1. The number of amides is 1. The Bertz CT molecular complexity index is 1310. The first-order valence-corrected chi connectivity index (χ1v) is 11.7. The summed E-state index contributed by atoms with van der Waals surface area (Å²) in [7, 11) is 0. The molecule has 0 aliphatic heterocycles. The maximum atomic E-state index is 13.4. The average Bonchev–Trinajstić information content (AvgIpc) is 3.50. The maximum absolute atomic E-state index is 13.4. The van der Waals surface area contributed by atoms with Crippen molar-refractivity contribution in [1.82, 2.24) is 20.1 Å². The van der Waals surface area contributed by atoms with Crippen LogP contribution in [0.1, 0.15) is 40.2 Å². The number of hydrogen-bond donors (Lipinski definition) is 0. The van der Waals surface area contributed by atoms with Crippen LogP contribution in [0.2, 0.25) is 0 Å². The second kappa shape index (κ2) is 11.0. The van der Waals surface area contributed by atoms with E-state index in [1.54, 1.807) is 44.4 Å². The summed E-state index contributed by atoms with van der Waals surface area (Å²) >= 11 is 1.08. The number of aryl methyl sites for hydroxylation is 2. The molecular formula is C24H22FN5O4S. The molecule has 4 aromatic rings. The second-order valence-corrected chi connectivity index (χ2v) is 8.47. The smallest absolute Gasteiger partial charge is 0.350 e. The number of esters is 1. The number of carbonyl (C=O) groups is 2. The molecule has 1 amide bonds. The number of pyridine rings is 1. The van der Waals surface area contributed by atoms with Gasteiger partial charge in [0.25, 0.3) is 0 Å². The summed E-state index contributed by atoms with van der Waals surface area (Å²) in [5, 5.41) is 4.30. The first-order valence-electron chi connectivity index (χ1n) is 10.9. The van der Waals surface area contributed by atoms with E-state index in [4.69, 9.17) is 9.26 Å². The lowest BCUT2D eigenvalue weighted by molar-refractivity contribution is -0.118. The molecule has 0 fully saturated rings. The van der Waals surface area contributed by atoms with E-state index in [2.05, 4.69) is 20.1 Å². The Morgan fingerprint density at radius 2 is 1.97 bits per heavy atom. The summed E-state index contributed by atoms with van der Waals surface area (Å²) in [6.07, 6.45) is 3.53. The van der Waals surface area contributed by atoms with E-state index in [9.17, 15) is 14.0 Å². The Morgan fingerprint density at radius 1 is 1.17 bits per heavy atom. The minimum Gasteiger partial charge on any atom is -0.462 e. The largest absolute Gasteiger partial charge is 0.462 e. The Morgan fingerprint density at radius 3 is 2.69 bits per heavy atom. The molecule has 11 heteroatoms. The molecule has 0 aliphatic rings. The highest BCUT2D eigenvalue weighted by Crippen LogP contribution is 2.29. The molecule has 0 saturated heterocycles. The third kappa shape index (κ3) is 5.93. The average molecular weight is 496 g/mol. The molecule has 9 nitrogen and oxygen atoms in total. The summed E-state index contributed by atoms with van der Waals surface area (Å²) in [5.74, 6) is -0.432. The van der Waals surface area contributed by atoms with E-state index in [0.717, 1.165) is 11.3 Å². The standard InChI is InChI=1S/C24H22FN5O4S/c1-3-33-23(32)21-15(2)27-24(35-21)30(14-16-6-8-18(25)9-7-16)20(31)11-10-19-28-22(29-34-19)17-5-4-12-26-13-17/h4-9,12-13H,3,10-11,14H2,1-2H3. The van der Waals surface area contributed by atoms with Crippen molar-refractivity contribution >= 4 is 28.3 Å². The van der Waals surface area contributed by atoms with Gasteiger partial charge in [-0.15, -0.1) is 0 Å². The molecule has 0 radical (unpaired) electrons. The second-order valence-electron chi connectivity index (χ2n) is 7.49. The molecule has 0 N–H and O–H groups in total. The number of benzene rings is 1. The zero-order valence-corrected chi connectivity index (χ0v) is 19.9. The van der Waals surface area contributed by atoms with Gasteiger partial charge in [0.05, 0.1) is 18.8 Å². The van der Waals surface area contributed by atoms with Gasteiger partial charge in [-0.2, -0.15) is 4.98 Å². The summed E-state index contributed by atoms with van der Waals surface area (Å²) < 4.78 is 23.8. The van der Waals surface area contributed by atoms with Crippen molar-refractivity contribution in [3.05, 3.63) is 76.6 Å². The summed E-state index contributed by atoms with van der Waals surface area (Å²) in [5.41, 5.74) is 1.89. The number of aromatic nitrogens is 4. The third-order valence-electron chi connectivity index (χ3n) is 4.97. The molecule has 180 valence electrons. The van der Waals surface area contributed by atoms with Crippen LogP contribution in [0, 0.1) is 12.7 Å². The summed E-state index contributed by atoms with van der Waals surface area (Å²) in [4.78, 5) is 40.2. The topological polar surface area (TPSA) is 111 Å². The summed E-state index contributed by atoms with van der Waals surface area (Å²) in [6, 6.07) is 9.42. The number of hydrogen-bond acceptors (Lipinski definition) is 9. The van der Waals surface area contributed by atoms with Crippen LogP contribution >= 0.6 is 11.3 Å². The van der Waals surface area contributed by atoms with E-state index in [1.165, 1.54) is 17.0 Å². The highest BCUT2D eigenvalue weighted by atomic mass is 32.1. The Hall–Kier alpha value is -3.99. The minimum atomic E-state index is -0.489. The molecule has 35 heavy (non-hydrogen) atoms. The van der Waals surface area contributed by atoms with Gasteiger partial charge in [0.15, 0.2) is 5.13 Å². The monoisotopic (exact) mass is 495 g/mol. The zero-order valence-electron chi connectivity index (χ0n) is 19.1. The van der Waals surface area contributed by atoms with Crippen molar-refractivity contribution in [3.8, 4) is 11.4 Å². The van der Waals surface area contributed by atoms with Gasteiger partial charge < -0.3 is 9.26 Å². The molecule has 0 saturated carbocycles. The van der Waals surface area contributed by atoms with Crippen LogP contribution < -0.4 is 4.90 Å². The van der Waals surface area contributed by atoms with Crippen molar-refractivity contribution in [2.75, 3.05) is 11.5 Å². The van der Waals surface area contributed by atoms with E-state index in [1.807, 2.05) is 6.07 Å². The number of anilines is 1. The van der Waals surface area contributed by atoms with Crippen LogP contribution in [0.25, 0.3) is 11.4 Å². The Labute approximate surface area is 204 Å². The molecule has 0 aliphatic carbocycles. The number of carbonyl (C=O) groups excluding carboxylic acids is 2. The molecule has 0 spiro atoms. The molecule has 0 unspecified atom stereocenters. The van der Waals surface area contributed by atoms with E-state index in [-0.39, 0.29) is 37.7 Å². The Balaban J connectivity index is 1.53. The molecule has 0 bridgehead atoms. The van der Waals surface area contributed by atoms with Gasteiger partial charge in [-0.1, -0.05) is 28.6 Å². The maximum Gasteiger partial charge on any atom is 0.350 e. The van der Waals surface area contributed by atoms with E-state index in [0.29, 0.717) is 38.5 Å². The van der Waals surface area contributed by atoms with Crippen molar-refractivity contribution in [2.45, 2.75) is 33.2 Å². The molecule has 0 atom stereocenters. The highest BCUT2D eigenvalue weighted by molar-refractivity contribution is 7.17. The quantitative estimate of drug-likeness (QED) is 0.315. The lowest BCUT2D eigenvalue weighted by Crippen LogP contribution is -2.30. The normalized spacial score (nSPS) is 10.8. The van der Waals surface area contributed by atoms with Crippen LogP contribution in [0.4, 0.5) is 9.52 Å². The molecule has 3 heterocycles. The number of thiazole rings is 1. The van der Waals surface area contributed by atoms with Gasteiger partial charge in [0, 0.05) is 30.8 Å². The Kier molecular flexibility index (Phi) is 7.56. The van der Waals surface area contributed by atoms with Crippen molar-refractivity contribution in [2.24, 2.45) is 0 Å². The van der Waals surface area contributed by atoms with Crippen LogP contribution in [0.3, 0.4) is 0 Å². The lowest BCUT2D eigenvalue weighted by atomic mass is 10.2. The fraction of sp³-hybridized carbons (Fsp3) is 0.250. The molecule has 3 aromatic heterocycles. The predicted octanol–water partition coefficient (Wildman–Crippen LogP) is 4.38. The fourth-order valence-corrected chi connectivity index (χ4v) is 4.21. The van der Waals surface area contributed by atoms with Crippen molar-refractivity contribution < 1.29 is 23.2 Å². The molecule has 4 rings (SSSR count). The minimum absolute atomic E-state index is 0.0588. The molecular weight excluding hydrogens is 473 g/mol. The number of nitrogens with zero attached hydrogens (tertiary/aromatic N) is 5. The van der Waals surface area contributed by atoms with E-state index >= 15 is 0 Å². The zero-order chi connectivity index (χ0) is 24.8. The van der Waals surface area contributed by atoms with Crippen LogP contribution in [-0.4, -0.2) is 38.6 Å². The van der Waals surface area contributed by atoms with Crippen LogP contribution in [-0.2, 0) is 22.5 Å². The first-order chi connectivity index (χ1) is 16.9. The van der Waals surface area contributed by atoms with Gasteiger partial charge >= 0.3 is 5.97 Å². The van der Waals surface area contributed by atoms with Crippen LogP contribution in [0.5, 0.6) is 0 Å². The van der Waals surface area contributed by atoms with Gasteiger partial charge in [-0.3, -0.25) is 14.7 Å².